The smallest absolute Gasteiger partial charge is 0.386 e. The van der Waals surface area contributed by atoms with E-state index in [4.69, 9.17) is 0 Å². The first kappa shape index (κ1) is 10.4. The number of aromatic nitrogens is 2. The lowest BCUT2D eigenvalue weighted by Crippen LogP contribution is -2.18. The Labute approximate surface area is 76.7 Å². The van der Waals surface area contributed by atoms with Crippen LogP contribution in [0, 0.1) is 0 Å². The molecule has 0 bridgehead atoms. The minimum Gasteiger partial charge on any atom is -0.386 e. The number of hydrogen-bond donors (Lipinski definition) is 0. The summed E-state index contributed by atoms with van der Waals surface area (Å²) >= 11 is 0. The Hall–Kier alpha value is -1.66. The molecule has 14 heavy (non-hydrogen) atoms. The lowest BCUT2D eigenvalue weighted by atomic mass is 10.3. The van der Waals surface area contributed by atoms with Gasteiger partial charge in [-0.1, -0.05) is 0 Å². The first-order valence-corrected chi connectivity index (χ1v) is 3.47. The highest BCUT2D eigenvalue weighted by Crippen LogP contribution is 2.19. The van der Waals surface area contributed by atoms with Crippen LogP contribution in [-0.4, -0.2) is 22.1 Å². The Balaban J connectivity index is 2.79. The molecule has 0 unspecified atom stereocenters. The Morgan fingerprint density at radius 1 is 1.36 bits per heavy atom. The molecule has 1 aromatic heterocycles. The van der Waals surface area contributed by atoms with Gasteiger partial charge in [0.2, 0.25) is 5.88 Å². The summed E-state index contributed by atoms with van der Waals surface area (Å²) in [5.74, 6) is -1.07. The maximum Gasteiger partial charge on any atom is 0.574 e. The third-order valence-corrected chi connectivity index (χ3v) is 1.21. The second kappa shape index (κ2) is 3.60. The van der Waals surface area contributed by atoms with Crippen LogP contribution in [0.5, 0.6) is 5.88 Å². The Morgan fingerprint density at radius 2 is 2.00 bits per heavy atom. The molecule has 0 aliphatic heterocycles. The van der Waals surface area contributed by atoms with Crippen molar-refractivity contribution in [3.8, 4) is 5.88 Å². The van der Waals surface area contributed by atoms with Crippen molar-refractivity contribution in [2.75, 3.05) is 0 Å². The fourth-order valence-electron chi connectivity index (χ4n) is 0.669. The highest BCUT2D eigenvalue weighted by atomic mass is 19.4. The summed E-state index contributed by atoms with van der Waals surface area (Å²) in [5, 5.41) is 0. The summed E-state index contributed by atoms with van der Waals surface area (Å²) in [6.45, 7) is 1.23. The predicted molar refractivity (Wildman–Crippen MR) is 38.7 cm³/mol. The molecule has 0 aliphatic carbocycles. The van der Waals surface area contributed by atoms with Crippen LogP contribution < -0.4 is 4.74 Å². The SMILES string of the molecule is CC(=O)c1cnc(OC(F)(F)F)cn1. The summed E-state index contributed by atoms with van der Waals surface area (Å²) < 4.78 is 38.4. The molecule has 0 saturated heterocycles. The monoisotopic (exact) mass is 206 g/mol. The first-order valence-electron chi connectivity index (χ1n) is 3.47. The Bertz CT molecular complexity index is 334. The van der Waals surface area contributed by atoms with Gasteiger partial charge in [-0.15, -0.1) is 13.2 Å². The van der Waals surface area contributed by atoms with E-state index in [0.29, 0.717) is 0 Å². The highest BCUT2D eigenvalue weighted by Gasteiger charge is 2.31. The van der Waals surface area contributed by atoms with E-state index in [9.17, 15) is 18.0 Å². The van der Waals surface area contributed by atoms with E-state index in [1.54, 1.807) is 0 Å². The van der Waals surface area contributed by atoms with Crippen LogP contribution in [-0.2, 0) is 0 Å². The van der Waals surface area contributed by atoms with Gasteiger partial charge in [0.1, 0.15) is 5.69 Å². The molecule has 1 aromatic rings. The number of nitrogens with zero attached hydrogens (tertiary/aromatic N) is 2. The highest BCUT2D eigenvalue weighted by molar-refractivity contribution is 5.91. The number of ketones is 1. The number of carbonyl (C=O) groups is 1. The van der Waals surface area contributed by atoms with E-state index in [-0.39, 0.29) is 11.5 Å². The van der Waals surface area contributed by atoms with E-state index in [1.807, 2.05) is 0 Å². The number of alkyl halides is 3. The minimum absolute atomic E-state index is 0.0143. The van der Waals surface area contributed by atoms with Crippen LogP contribution in [0.15, 0.2) is 12.4 Å². The molecule has 0 aliphatic rings. The number of halogens is 3. The van der Waals surface area contributed by atoms with Crippen molar-refractivity contribution in [1.29, 1.82) is 0 Å². The van der Waals surface area contributed by atoms with Crippen LogP contribution >= 0.6 is 0 Å². The molecule has 0 amide bonds. The van der Waals surface area contributed by atoms with Gasteiger partial charge in [-0.25, -0.2) is 9.97 Å². The lowest BCUT2D eigenvalue weighted by molar-refractivity contribution is -0.276. The molecule has 1 rings (SSSR count). The average Bonchev–Trinajstić information content (AvgIpc) is 2.02. The van der Waals surface area contributed by atoms with Crippen LogP contribution in [0.4, 0.5) is 13.2 Å². The minimum atomic E-state index is -4.80. The van der Waals surface area contributed by atoms with Gasteiger partial charge in [0.15, 0.2) is 5.78 Å². The van der Waals surface area contributed by atoms with Gasteiger partial charge in [-0.3, -0.25) is 4.79 Å². The summed E-state index contributed by atoms with van der Waals surface area (Å²) in [4.78, 5) is 17.4. The molecule has 4 nitrogen and oxygen atoms in total. The van der Waals surface area contributed by atoms with E-state index < -0.39 is 12.2 Å². The summed E-state index contributed by atoms with van der Waals surface area (Å²) in [6.07, 6.45) is -3.14. The zero-order chi connectivity index (χ0) is 10.8. The number of ether oxygens (including phenoxy) is 1. The van der Waals surface area contributed by atoms with E-state index in [0.717, 1.165) is 12.4 Å². The van der Waals surface area contributed by atoms with Gasteiger partial charge in [0.05, 0.1) is 12.4 Å². The molecule has 0 fully saturated rings. The summed E-state index contributed by atoms with van der Waals surface area (Å²) in [6, 6.07) is 0. The molecule has 0 radical (unpaired) electrons. The molecule has 76 valence electrons. The molecule has 7 heteroatoms. The average molecular weight is 206 g/mol. The quantitative estimate of drug-likeness (QED) is 0.689. The van der Waals surface area contributed by atoms with Crippen LogP contribution in [0.3, 0.4) is 0 Å². The summed E-state index contributed by atoms with van der Waals surface area (Å²) in [5.41, 5.74) is -0.0143. The van der Waals surface area contributed by atoms with E-state index in [2.05, 4.69) is 14.7 Å². The standard InChI is InChI=1S/C7H5F3N2O2/c1-4(13)5-2-12-6(3-11-5)14-7(8,9)10/h2-3H,1H3. The molecule has 1 heterocycles. The van der Waals surface area contributed by atoms with E-state index >= 15 is 0 Å². The fourth-order valence-corrected chi connectivity index (χ4v) is 0.669. The Kier molecular flexibility index (Phi) is 2.68. The molecule has 0 atom stereocenters. The topological polar surface area (TPSA) is 52.1 Å². The summed E-state index contributed by atoms with van der Waals surface area (Å²) in [7, 11) is 0. The first-order chi connectivity index (χ1) is 6.38. The number of hydrogen-bond acceptors (Lipinski definition) is 4. The van der Waals surface area contributed by atoms with Crippen molar-refractivity contribution in [2.24, 2.45) is 0 Å². The van der Waals surface area contributed by atoms with Crippen LogP contribution in [0.25, 0.3) is 0 Å². The van der Waals surface area contributed by atoms with Gasteiger partial charge < -0.3 is 4.74 Å². The van der Waals surface area contributed by atoms with E-state index in [1.165, 1.54) is 6.92 Å². The predicted octanol–water partition coefficient (Wildman–Crippen LogP) is 1.58. The van der Waals surface area contributed by atoms with Crippen molar-refractivity contribution in [2.45, 2.75) is 13.3 Å². The van der Waals surface area contributed by atoms with Crippen LogP contribution in [0.2, 0.25) is 0 Å². The molecule has 0 saturated carbocycles. The molecule has 0 spiro atoms. The molecular weight excluding hydrogens is 201 g/mol. The van der Waals surface area contributed by atoms with Gasteiger partial charge in [-0.2, -0.15) is 0 Å². The second-order valence-electron chi connectivity index (χ2n) is 2.34. The second-order valence-corrected chi connectivity index (χ2v) is 2.34. The van der Waals surface area contributed by atoms with Crippen LogP contribution in [0.1, 0.15) is 17.4 Å². The lowest BCUT2D eigenvalue weighted by Gasteiger charge is -2.06. The van der Waals surface area contributed by atoms with Crippen molar-refractivity contribution in [3.63, 3.8) is 0 Å². The van der Waals surface area contributed by atoms with Crippen molar-refractivity contribution in [3.05, 3.63) is 18.1 Å². The van der Waals surface area contributed by atoms with Gasteiger partial charge >= 0.3 is 6.36 Å². The number of carbonyl (C=O) groups excluding carboxylic acids is 1. The normalized spacial score (nSPS) is 11.1. The van der Waals surface area contributed by atoms with Gasteiger partial charge in [0, 0.05) is 6.92 Å². The zero-order valence-corrected chi connectivity index (χ0v) is 7.00. The van der Waals surface area contributed by atoms with Gasteiger partial charge in [0.25, 0.3) is 0 Å². The van der Waals surface area contributed by atoms with Gasteiger partial charge in [-0.05, 0) is 0 Å². The van der Waals surface area contributed by atoms with Crippen molar-refractivity contribution >= 4 is 5.78 Å². The third kappa shape index (κ3) is 3.00. The maximum absolute atomic E-state index is 11.6. The third-order valence-electron chi connectivity index (χ3n) is 1.21. The fraction of sp³-hybridized carbons (Fsp3) is 0.286. The zero-order valence-electron chi connectivity index (χ0n) is 7.00. The molecular formula is C7H5F3N2O2. The largest absolute Gasteiger partial charge is 0.574 e. The van der Waals surface area contributed by atoms with Crippen molar-refractivity contribution < 1.29 is 22.7 Å². The molecule has 0 aromatic carbocycles. The number of Topliss-reactive ketones (excluding diaryl/α,β-unsaturated/α-hetero) is 1. The number of rotatable bonds is 2. The Morgan fingerprint density at radius 3 is 2.36 bits per heavy atom. The molecule has 0 N–H and O–H groups in total. The maximum atomic E-state index is 11.6. The van der Waals surface area contributed by atoms with Crippen molar-refractivity contribution in [1.82, 2.24) is 9.97 Å².